The lowest BCUT2D eigenvalue weighted by atomic mass is 10.0. The van der Waals surface area contributed by atoms with Gasteiger partial charge >= 0.3 is 0 Å². The fourth-order valence-electron chi connectivity index (χ4n) is 5.23. The number of nitrogens with zero attached hydrogens (tertiary/aromatic N) is 5. The van der Waals surface area contributed by atoms with Gasteiger partial charge in [0.2, 0.25) is 5.91 Å². The molecule has 0 aliphatic rings. The van der Waals surface area contributed by atoms with Crippen LogP contribution < -0.4 is 9.47 Å². The quantitative estimate of drug-likeness (QED) is 0.108. The van der Waals surface area contributed by atoms with Crippen molar-refractivity contribution >= 4 is 45.1 Å². The first-order valence-electron chi connectivity index (χ1n) is 16.0. The minimum Gasteiger partial charge on any atom is -0.497 e. The van der Waals surface area contributed by atoms with Crippen molar-refractivity contribution in [3.8, 4) is 11.5 Å². The highest BCUT2D eigenvalue weighted by Gasteiger charge is 2.24. The zero-order valence-corrected chi connectivity index (χ0v) is 28.4. The van der Waals surface area contributed by atoms with Crippen LogP contribution in [-0.2, 0) is 27.4 Å². The highest BCUT2D eigenvalue weighted by atomic mass is 16.5. The summed E-state index contributed by atoms with van der Waals surface area (Å²) in [5.74, 6) is 0.0742. The van der Waals surface area contributed by atoms with Crippen molar-refractivity contribution < 1.29 is 33.4 Å². The Hall–Kier alpha value is -4.58. The molecule has 0 saturated heterocycles. The molecule has 0 radical (unpaired) electrons. The Labute approximate surface area is 274 Å². The van der Waals surface area contributed by atoms with Crippen LogP contribution in [0, 0.1) is 11.8 Å². The SMILES string of the molecule is CCCCN(CCOCC(=O)Cn1nc(C(=O)C(C)C)c2ccc(OC)cc21)C(=O)Cn1nc(C(=O)C(C)C)c2ccc(OC)cc21. The Balaban J connectivity index is 1.42. The number of methoxy groups -OCH3 is 2. The number of hydrogen-bond acceptors (Lipinski definition) is 9. The molecule has 0 atom stereocenters. The average Bonchev–Trinajstić information content (AvgIpc) is 3.60. The van der Waals surface area contributed by atoms with Gasteiger partial charge in [0.1, 0.15) is 42.6 Å². The Morgan fingerprint density at radius 2 is 1.28 bits per heavy atom. The van der Waals surface area contributed by atoms with E-state index in [1.807, 2.05) is 34.6 Å². The van der Waals surface area contributed by atoms with E-state index in [2.05, 4.69) is 10.2 Å². The molecule has 4 rings (SSSR count). The Morgan fingerprint density at radius 3 is 1.74 bits per heavy atom. The van der Waals surface area contributed by atoms with E-state index in [0.717, 1.165) is 12.8 Å². The van der Waals surface area contributed by atoms with Crippen molar-refractivity contribution in [1.82, 2.24) is 24.5 Å². The number of ketones is 3. The number of rotatable bonds is 18. The van der Waals surface area contributed by atoms with Crippen LogP contribution in [0.2, 0.25) is 0 Å². The normalized spacial score (nSPS) is 11.5. The van der Waals surface area contributed by atoms with Gasteiger partial charge in [-0.3, -0.25) is 28.5 Å². The number of carbonyl (C=O) groups excluding carboxylic acids is 4. The Kier molecular flexibility index (Phi) is 11.9. The molecule has 2 aromatic heterocycles. The summed E-state index contributed by atoms with van der Waals surface area (Å²) in [6.07, 6.45) is 1.69. The number of aromatic nitrogens is 4. The molecule has 0 bridgehead atoms. The molecule has 0 fully saturated rings. The van der Waals surface area contributed by atoms with Crippen LogP contribution in [0.1, 0.15) is 68.4 Å². The fraction of sp³-hybridized carbons (Fsp3) is 0.486. The van der Waals surface area contributed by atoms with E-state index in [1.54, 1.807) is 60.2 Å². The van der Waals surface area contributed by atoms with E-state index >= 15 is 0 Å². The summed E-state index contributed by atoms with van der Waals surface area (Å²) in [5.41, 5.74) is 1.91. The highest BCUT2D eigenvalue weighted by Crippen LogP contribution is 2.27. The van der Waals surface area contributed by atoms with Crippen molar-refractivity contribution in [3.63, 3.8) is 0 Å². The van der Waals surface area contributed by atoms with Gasteiger partial charge in [-0.15, -0.1) is 0 Å². The summed E-state index contributed by atoms with van der Waals surface area (Å²) in [6, 6.07) is 10.6. The summed E-state index contributed by atoms with van der Waals surface area (Å²) in [4.78, 5) is 53.9. The van der Waals surface area contributed by atoms with Gasteiger partial charge in [-0.2, -0.15) is 10.2 Å². The molecule has 12 heteroatoms. The average molecular weight is 648 g/mol. The van der Waals surface area contributed by atoms with Gasteiger partial charge in [0.25, 0.3) is 0 Å². The molecular weight excluding hydrogens is 602 g/mol. The van der Waals surface area contributed by atoms with E-state index in [-0.39, 0.29) is 67.9 Å². The van der Waals surface area contributed by atoms with Crippen molar-refractivity contribution in [2.45, 2.75) is 60.5 Å². The molecule has 4 aromatic rings. The molecule has 2 heterocycles. The third kappa shape index (κ3) is 8.23. The lowest BCUT2D eigenvalue weighted by Gasteiger charge is -2.22. The first kappa shape index (κ1) is 35.3. The van der Waals surface area contributed by atoms with Crippen LogP contribution in [0.4, 0.5) is 0 Å². The molecule has 12 nitrogen and oxygen atoms in total. The smallest absolute Gasteiger partial charge is 0.244 e. The van der Waals surface area contributed by atoms with Gasteiger partial charge in [-0.25, -0.2) is 0 Å². The van der Waals surface area contributed by atoms with Crippen LogP contribution in [0.25, 0.3) is 21.8 Å². The fourth-order valence-corrected chi connectivity index (χ4v) is 5.23. The Morgan fingerprint density at radius 1 is 0.766 bits per heavy atom. The maximum Gasteiger partial charge on any atom is 0.244 e. The molecule has 47 heavy (non-hydrogen) atoms. The minimum atomic E-state index is -0.250. The lowest BCUT2D eigenvalue weighted by Crippen LogP contribution is -2.37. The zero-order chi connectivity index (χ0) is 34.2. The summed E-state index contributed by atoms with van der Waals surface area (Å²) in [6.45, 7) is 9.91. The van der Waals surface area contributed by atoms with Gasteiger partial charge in [0.15, 0.2) is 17.3 Å². The van der Waals surface area contributed by atoms with Crippen LogP contribution >= 0.6 is 0 Å². The molecule has 252 valence electrons. The predicted molar refractivity (Wildman–Crippen MR) is 178 cm³/mol. The van der Waals surface area contributed by atoms with Gasteiger partial charge < -0.3 is 19.1 Å². The van der Waals surface area contributed by atoms with Crippen LogP contribution in [0.5, 0.6) is 11.5 Å². The lowest BCUT2D eigenvalue weighted by molar-refractivity contribution is -0.133. The molecule has 0 saturated carbocycles. The first-order valence-corrected chi connectivity index (χ1v) is 16.0. The largest absolute Gasteiger partial charge is 0.497 e. The van der Waals surface area contributed by atoms with E-state index < -0.39 is 0 Å². The number of carbonyl (C=O) groups is 4. The van der Waals surface area contributed by atoms with Gasteiger partial charge in [0.05, 0.1) is 31.9 Å². The van der Waals surface area contributed by atoms with E-state index in [4.69, 9.17) is 14.2 Å². The molecule has 2 aromatic carbocycles. The molecule has 1 amide bonds. The monoisotopic (exact) mass is 647 g/mol. The molecule has 0 spiro atoms. The maximum absolute atomic E-state index is 13.6. The maximum atomic E-state index is 13.6. The van der Waals surface area contributed by atoms with Crippen molar-refractivity contribution in [3.05, 3.63) is 47.8 Å². The summed E-state index contributed by atoms with van der Waals surface area (Å²) >= 11 is 0. The third-order valence-corrected chi connectivity index (χ3v) is 7.95. The number of unbranched alkanes of at least 4 members (excludes halogenated alkanes) is 1. The van der Waals surface area contributed by atoms with Gasteiger partial charge in [0, 0.05) is 47.8 Å². The standard InChI is InChI=1S/C35H45N5O7/c1-8-9-14-38(31(42)20-40-30-18-26(46-7)11-13-28(30)33(37-40)35(44)23(4)5)15-16-47-21-24(41)19-39-29-17-25(45-6)10-12-27(29)32(36-39)34(43)22(2)3/h10-13,17-18,22-23H,8-9,14-16,19-21H2,1-7H3. The summed E-state index contributed by atoms with van der Waals surface area (Å²) in [5, 5.41) is 10.4. The minimum absolute atomic E-state index is 0.0645. The second-order valence-corrected chi connectivity index (χ2v) is 12.1. The number of ether oxygens (including phenoxy) is 3. The first-order chi connectivity index (χ1) is 22.5. The predicted octanol–water partition coefficient (Wildman–Crippen LogP) is 5.00. The van der Waals surface area contributed by atoms with E-state index in [9.17, 15) is 19.2 Å². The zero-order valence-electron chi connectivity index (χ0n) is 28.4. The van der Waals surface area contributed by atoms with Crippen molar-refractivity contribution in [2.75, 3.05) is 40.5 Å². The third-order valence-electron chi connectivity index (χ3n) is 7.95. The second kappa shape index (κ2) is 15.8. The highest BCUT2D eigenvalue weighted by molar-refractivity contribution is 6.08. The number of hydrogen-bond donors (Lipinski definition) is 0. The second-order valence-electron chi connectivity index (χ2n) is 12.1. The topological polar surface area (TPSA) is 135 Å². The number of Topliss-reactive ketones (excluding diaryl/α,β-unsaturated/α-hetero) is 3. The summed E-state index contributed by atoms with van der Waals surface area (Å²) in [7, 11) is 3.11. The van der Waals surface area contributed by atoms with Crippen molar-refractivity contribution in [1.29, 1.82) is 0 Å². The molecule has 0 aliphatic heterocycles. The van der Waals surface area contributed by atoms with Crippen LogP contribution in [-0.4, -0.2) is 88.2 Å². The molecule has 0 unspecified atom stereocenters. The van der Waals surface area contributed by atoms with Gasteiger partial charge in [-0.1, -0.05) is 41.0 Å². The van der Waals surface area contributed by atoms with E-state index in [0.29, 0.717) is 51.2 Å². The number of fused-ring (bicyclic) bond motifs is 2. The Bertz CT molecular complexity index is 1750. The number of amides is 1. The van der Waals surface area contributed by atoms with Gasteiger partial charge in [-0.05, 0) is 30.7 Å². The number of benzene rings is 2. The van der Waals surface area contributed by atoms with Crippen LogP contribution in [0.15, 0.2) is 36.4 Å². The van der Waals surface area contributed by atoms with Crippen molar-refractivity contribution in [2.24, 2.45) is 11.8 Å². The van der Waals surface area contributed by atoms with Crippen LogP contribution in [0.3, 0.4) is 0 Å². The summed E-state index contributed by atoms with van der Waals surface area (Å²) < 4.78 is 19.5. The molecule has 0 aliphatic carbocycles. The molecule has 0 N–H and O–H groups in total. The molecular formula is C35H45N5O7. The van der Waals surface area contributed by atoms with E-state index in [1.165, 1.54) is 4.68 Å².